The fraction of sp³-hybridized carbons (Fsp3) is 0.0952. The van der Waals surface area contributed by atoms with Gasteiger partial charge in [0.05, 0.1) is 7.11 Å². The lowest BCUT2D eigenvalue weighted by Crippen LogP contribution is -2.18. The van der Waals surface area contributed by atoms with E-state index in [0.29, 0.717) is 6.16 Å². The van der Waals surface area contributed by atoms with Crippen LogP contribution in [0.2, 0.25) is 0 Å². The van der Waals surface area contributed by atoms with Crippen molar-refractivity contribution in [1.82, 2.24) is 0 Å². The molecule has 0 heterocycles. The molecule has 2 nitrogen and oxygen atoms in total. The summed E-state index contributed by atoms with van der Waals surface area (Å²) in [6.07, 6.45) is 0.510. The molecule has 3 rings (SSSR count). The summed E-state index contributed by atoms with van der Waals surface area (Å²) in [7, 11) is 0.920. The van der Waals surface area contributed by atoms with Gasteiger partial charge in [0, 0.05) is 11.7 Å². The van der Waals surface area contributed by atoms with Crippen molar-refractivity contribution >= 4 is 24.3 Å². The second-order valence-electron chi connectivity index (χ2n) is 5.41. The molecule has 0 fully saturated rings. The van der Waals surface area contributed by atoms with Crippen LogP contribution in [0.4, 0.5) is 0 Å². The van der Waals surface area contributed by atoms with Gasteiger partial charge in [0.1, 0.15) is 5.75 Å². The monoisotopic (exact) mass is 334 g/mol. The predicted octanol–water partition coefficient (Wildman–Crippen LogP) is 4.01. The number of ketones is 1. The van der Waals surface area contributed by atoms with Crippen LogP contribution in [0.5, 0.6) is 5.75 Å². The molecule has 0 amide bonds. The molecule has 0 aliphatic rings. The molecule has 0 spiro atoms. The van der Waals surface area contributed by atoms with E-state index in [1.54, 1.807) is 7.11 Å². The molecule has 0 bridgehead atoms. The van der Waals surface area contributed by atoms with Crippen molar-refractivity contribution in [2.45, 2.75) is 0 Å². The van der Waals surface area contributed by atoms with Crippen molar-refractivity contribution < 1.29 is 9.53 Å². The number of ether oxygens (including phenoxy) is 1. The van der Waals surface area contributed by atoms with Crippen molar-refractivity contribution in [3.63, 3.8) is 0 Å². The van der Waals surface area contributed by atoms with E-state index in [0.717, 1.165) is 11.3 Å². The zero-order chi connectivity index (χ0) is 16.8. The van der Waals surface area contributed by atoms with E-state index < -0.39 is 7.92 Å². The first-order chi connectivity index (χ1) is 11.8. The van der Waals surface area contributed by atoms with Gasteiger partial charge in [-0.2, -0.15) is 0 Å². The number of methoxy groups -OCH3 is 1. The van der Waals surface area contributed by atoms with Crippen molar-refractivity contribution in [1.29, 1.82) is 0 Å². The maximum Gasteiger partial charge on any atom is 0.167 e. The molecule has 0 aliphatic heterocycles. The Morgan fingerprint density at radius 3 is 1.75 bits per heavy atom. The normalized spacial score (nSPS) is 10.6. The van der Waals surface area contributed by atoms with Crippen molar-refractivity contribution in [2.75, 3.05) is 13.3 Å². The van der Waals surface area contributed by atoms with E-state index in [1.165, 1.54) is 10.6 Å². The number of rotatable bonds is 6. The molecule has 0 unspecified atom stereocenters. The first-order valence-corrected chi connectivity index (χ1v) is 9.35. The summed E-state index contributed by atoms with van der Waals surface area (Å²) in [6, 6.07) is 27.9. The molecule has 120 valence electrons. The van der Waals surface area contributed by atoms with E-state index >= 15 is 0 Å². The minimum atomic E-state index is -0.706. The second kappa shape index (κ2) is 7.90. The number of carbonyl (C=O) groups is 1. The molecule has 0 aromatic heterocycles. The van der Waals surface area contributed by atoms with Gasteiger partial charge in [-0.1, -0.05) is 60.7 Å². The first kappa shape index (κ1) is 16.4. The molecular formula is C21H19O2P. The fourth-order valence-electron chi connectivity index (χ4n) is 2.56. The Kier molecular flexibility index (Phi) is 5.40. The van der Waals surface area contributed by atoms with E-state index in [1.807, 2.05) is 60.7 Å². The van der Waals surface area contributed by atoms with Gasteiger partial charge in [0.15, 0.2) is 5.78 Å². The number of carbonyl (C=O) groups excluding carboxylic acids is 1. The average Bonchev–Trinajstić information content (AvgIpc) is 2.67. The van der Waals surface area contributed by atoms with Crippen molar-refractivity contribution in [3.8, 4) is 5.75 Å². The van der Waals surface area contributed by atoms with Crippen LogP contribution in [0.3, 0.4) is 0 Å². The smallest absolute Gasteiger partial charge is 0.167 e. The zero-order valence-electron chi connectivity index (χ0n) is 13.6. The minimum Gasteiger partial charge on any atom is -0.497 e. The Morgan fingerprint density at radius 1 is 0.792 bits per heavy atom. The average molecular weight is 334 g/mol. The summed E-state index contributed by atoms with van der Waals surface area (Å²) in [6.45, 7) is 0. The third-order valence-corrected chi connectivity index (χ3v) is 6.30. The molecule has 0 saturated heterocycles. The summed E-state index contributed by atoms with van der Waals surface area (Å²) < 4.78 is 5.16. The van der Waals surface area contributed by atoms with Gasteiger partial charge in [-0.15, -0.1) is 0 Å². The number of benzene rings is 3. The van der Waals surface area contributed by atoms with Crippen LogP contribution >= 0.6 is 7.92 Å². The Morgan fingerprint density at radius 2 is 1.29 bits per heavy atom. The van der Waals surface area contributed by atoms with Gasteiger partial charge >= 0.3 is 0 Å². The molecule has 0 saturated carbocycles. The highest BCUT2D eigenvalue weighted by molar-refractivity contribution is 7.73. The summed E-state index contributed by atoms with van der Waals surface area (Å²) in [4.78, 5) is 12.8. The molecule has 3 heteroatoms. The summed E-state index contributed by atoms with van der Waals surface area (Å²) in [5.74, 6) is 0.927. The lowest BCUT2D eigenvalue weighted by atomic mass is 10.1. The largest absolute Gasteiger partial charge is 0.497 e. The second-order valence-corrected chi connectivity index (χ2v) is 7.61. The summed E-state index contributed by atoms with van der Waals surface area (Å²) >= 11 is 0. The Hall–Kier alpha value is -2.44. The van der Waals surface area contributed by atoms with E-state index in [9.17, 15) is 4.79 Å². The van der Waals surface area contributed by atoms with Crippen molar-refractivity contribution in [3.05, 3.63) is 90.5 Å². The van der Waals surface area contributed by atoms with Crippen LogP contribution < -0.4 is 15.3 Å². The minimum absolute atomic E-state index is 0.163. The van der Waals surface area contributed by atoms with Crippen molar-refractivity contribution in [2.24, 2.45) is 0 Å². The third-order valence-electron chi connectivity index (χ3n) is 3.85. The van der Waals surface area contributed by atoms with Crippen LogP contribution in [0.1, 0.15) is 10.4 Å². The van der Waals surface area contributed by atoms with Crippen LogP contribution in [0, 0.1) is 0 Å². The number of Topliss-reactive ketones (excluding diaryl/α,β-unsaturated/α-hetero) is 1. The van der Waals surface area contributed by atoms with Gasteiger partial charge < -0.3 is 4.74 Å². The van der Waals surface area contributed by atoms with E-state index in [4.69, 9.17) is 4.74 Å². The lowest BCUT2D eigenvalue weighted by molar-refractivity contribution is 0.102. The maximum atomic E-state index is 12.8. The SMILES string of the molecule is COc1ccc(C(=O)CP(c2ccccc2)c2ccccc2)cc1. The topological polar surface area (TPSA) is 26.3 Å². The summed E-state index contributed by atoms with van der Waals surface area (Å²) in [5, 5.41) is 2.45. The fourth-order valence-corrected chi connectivity index (χ4v) is 4.76. The van der Waals surface area contributed by atoms with E-state index in [-0.39, 0.29) is 5.78 Å². The van der Waals surface area contributed by atoms with E-state index in [2.05, 4.69) is 24.3 Å². The van der Waals surface area contributed by atoms with Gasteiger partial charge in [0.25, 0.3) is 0 Å². The highest BCUT2D eigenvalue weighted by Crippen LogP contribution is 2.34. The lowest BCUT2D eigenvalue weighted by Gasteiger charge is -2.18. The Bertz CT molecular complexity index is 744. The van der Waals surface area contributed by atoms with Gasteiger partial charge in [-0.3, -0.25) is 4.79 Å². The highest BCUT2D eigenvalue weighted by Gasteiger charge is 2.18. The third kappa shape index (κ3) is 3.90. The van der Waals surface area contributed by atoms with Gasteiger partial charge in [0.2, 0.25) is 0 Å². The first-order valence-electron chi connectivity index (χ1n) is 7.83. The predicted molar refractivity (Wildman–Crippen MR) is 101 cm³/mol. The molecule has 0 radical (unpaired) electrons. The number of hydrogen-bond acceptors (Lipinski definition) is 2. The maximum absolute atomic E-state index is 12.8. The number of hydrogen-bond donors (Lipinski definition) is 0. The summed E-state index contributed by atoms with van der Waals surface area (Å²) in [5.41, 5.74) is 0.732. The standard InChI is InChI=1S/C21H19O2P/c1-23-18-14-12-17(13-15-18)21(22)16-24(19-8-4-2-5-9-19)20-10-6-3-7-11-20/h2-15H,16H2,1H3. The van der Waals surface area contributed by atoms with Gasteiger partial charge in [-0.25, -0.2) is 0 Å². The molecule has 0 aliphatic carbocycles. The van der Waals surface area contributed by atoms with Crippen LogP contribution in [-0.2, 0) is 0 Å². The molecule has 0 atom stereocenters. The quantitative estimate of drug-likeness (QED) is 0.503. The molecule has 0 N–H and O–H groups in total. The van der Waals surface area contributed by atoms with Crippen LogP contribution in [0.25, 0.3) is 0 Å². The van der Waals surface area contributed by atoms with Crippen LogP contribution in [0.15, 0.2) is 84.9 Å². The Balaban J connectivity index is 1.87. The molecule has 3 aromatic carbocycles. The molecular weight excluding hydrogens is 315 g/mol. The highest BCUT2D eigenvalue weighted by atomic mass is 31.1. The van der Waals surface area contributed by atoms with Crippen LogP contribution in [-0.4, -0.2) is 19.1 Å². The molecule has 3 aromatic rings. The van der Waals surface area contributed by atoms with Gasteiger partial charge in [-0.05, 0) is 42.8 Å². The molecule has 24 heavy (non-hydrogen) atoms. The Labute approximate surface area is 143 Å². The zero-order valence-corrected chi connectivity index (χ0v) is 14.4.